The molecule has 0 spiro atoms. The van der Waals surface area contributed by atoms with Crippen molar-refractivity contribution >= 4 is 12.2 Å². The molecule has 134 valence electrons. The lowest BCUT2D eigenvalue weighted by atomic mass is 10.2. The van der Waals surface area contributed by atoms with Crippen LogP contribution in [0.25, 0.3) is 12.2 Å². The summed E-state index contributed by atoms with van der Waals surface area (Å²) in [6.45, 7) is 3.93. The van der Waals surface area contributed by atoms with E-state index in [1.807, 2.05) is 49.7 Å². The number of aromatic nitrogens is 2. The number of hydrogen-bond acceptors (Lipinski definition) is 4. The molecule has 0 saturated heterocycles. The van der Waals surface area contributed by atoms with E-state index >= 15 is 0 Å². The van der Waals surface area contributed by atoms with Gasteiger partial charge < -0.3 is 10.4 Å². The van der Waals surface area contributed by atoms with E-state index in [1.54, 1.807) is 25.5 Å². The lowest BCUT2D eigenvalue weighted by molar-refractivity contribution is 0.199. The molecular formula is C21H29N3O. The number of nitrogens with one attached hydrogen (secondary N) is 1. The molecule has 0 unspecified atom stereocenters. The minimum atomic E-state index is -0.266. The molecule has 2 rings (SSSR count). The monoisotopic (exact) mass is 339 g/mol. The SMILES string of the molecule is CN[C@H](C)C/C=C/c1cccnc1.C[C@H](O)C/C=C/c1cccnc1. The molecule has 0 aliphatic rings. The normalized spacial score (nSPS) is 13.4. The Kier molecular flexibility index (Phi) is 10.8. The van der Waals surface area contributed by atoms with Gasteiger partial charge in [0, 0.05) is 30.8 Å². The Morgan fingerprint density at radius 2 is 1.48 bits per heavy atom. The number of aliphatic hydroxyl groups excluding tert-OH is 1. The van der Waals surface area contributed by atoms with Crippen molar-refractivity contribution in [2.75, 3.05) is 7.05 Å². The van der Waals surface area contributed by atoms with Crippen LogP contribution in [0, 0.1) is 0 Å². The predicted molar refractivity (Wildman–Crippen MR) is 106 cm³/mol. The summed E-state index contributed by atoms with van der Waals surface area (Å²) in [6, 6.07) is 8.40. The number of rotatable bonds is 7. The van der Waals surface area contributed by atoms with Gasteiger partial charge in [-0.3, -0.25) is 9.97 Å². The van der Waals surface area contributed by atoms with Gasteiger partial charge in [0.05, 0.1) is 6.10 Å². The third kappa shape index (κ3) is 11.0. The van der Waals surface area contributed by atoms with Crippen molar-refractivity contribution in [1.29, 1.82) is 0 Å². The summed E-state index contributed by atoms with van der Waals surface area (Å²) < 4.78 is 0. The highest BCUT2D eigenvalue weighted by Gasteiger charge is 1.92. The third-order valence-electron chi connectivity index (χ3n) is 3.45. The van der Waals surface area contributed by atoms with Crippen LogP contribution in [0.3, 0.4) is 0 Å². The Labute approximate surface area is 151 Å². The fourth-order valence-electron chi connectivity index (χ4n) is 1.88. The second kappa shape index (κ2) is 13.0. The lowest BCUT2D eigenvalue weighted by Gasteiger charge is -2.04. The zero-order valence-electron chi connectivity index (χ0n) is 15.3. The summed E-state index contributed by atoms with van der Waals surface area (Å²) in [5.41, 5.74) is 2.23. The molecule has 4 heteroatoms. The fraction of sp³-hybridized carbons (Fsp3) is 0.333. The van der Waals surface area contributed by atoms with Gasteiger partial charge in [-0.2, -0.15) is 0 Å². The number of pyridine rings is 2. The van der Waals surface area contributed by atoms with Crippen LogP contribution >= 0.6 is 0 Å². The molecule has 0 fully saturated rings. The molecule has 0 aromatic carbocycles. The van der Waals surface area contributed by atoms with Crippen LogP contribution < -0.4 is 5.32 Å². The summed E-state index contributed by atoms with van der Waals surface area (Å²) in [4.78, 5) is 8.00. The van der Waals surface area contributed by atoms with E-state index in [9.17, 15) is 0 Å². The van der Waals surface area contributed by atoms with Crippen molar-refractivity contribution in [1.82, 2.24) is 15.3 Å². The van der Waals surface area contributed by atoms with Gasteiger partial charge in [-0.15, -0.1) is 0 Å². The van der Waals surface area contributed by atoms with E-state index < -0.39 is 0 Å². The first kappa shape index (κ1) is 20.7. The first-order valence-electron chi connectivity index (χ1n) is 8.60. The molecule has 0 aliphatic carbocycles. The minimum absolute atomic E-state index is 0.266. The fourth-order valence-corrected chi connectivity index (χ4v) is 1.88. The van der Waals surface area contributed by atoms with Crippen LogP contribution in [0.5, 0.6) is 0 Å². The average molecular weight is 339 g/mol. The molecule has 4 nitrogen and oxygen atoms in total. The Balaban J connectivity index is 0.000000251. The quantitative estimate of drug-likeness (QED) is 0.802. The molecule has 0 saturated carbocycles. The molecule has 2 N–H and O–H groups in total. The van der Waals surface area contributed by atoms with Gasteiger partial charge >= 0.3 is 0 Å². The van der Waals surface area contributed by atoms with Crippen molar-refractivity contribution in [2.24, 2.45) is 0 Å². The van der Waals surface area contributed by atoms with Gasteiger partial charge in [0.25, 0.3) is 0 Å². The molecule has 0 bridgehead atoms. The lowest BCUT2D eigenvalue weighted by Crippen LogP contribution is -2.19. The summed E-state index contributed by atoms with van der Waals surface area (Å²) in [5, 5.41) is 12.1. The van der Waals surface area contributed by atoms with Gasteiger partial charge in [-0.25, -0.2) is 0 Å². The van der Waals surface area contributed by atoms with E-state index in [0.29, 0.717) is 12.5 Å². The summed E-state index contributed by atoms with van der Waals surface area (Å²) in [5.74, 6) is 0. The minimum Gasteiger partial charge on any atom is -0.393 e. The average Bonchev–Trinajstić information content (AvgIpc) is 2.63. The first-order valence-corrected chi connectivity index (χ1v) is 8.60. The topological polar surface area (TPSA) is 58.0 Å². The summed E-state index contributed by atoms with van der Waals surface area (Å²) in [6.07, 6.45) is 16.8. The van der Waals surface area contributed by atoms with Crippen molar-refractivity contribution in [2.45, 2.75) is 38.8 Å². The van der Waals surface area contributed by atoms with Crippen LogP contribution in [-0.4, -0.2) is 34.3 Å². The number of nitrogens with zero attached hydrogens (tertiary/aromatic N) is 2. The maximum Gasteiger partial charge on any atom is 0.0546 e. The van der Waals surface area contributed by atoms with E-state index in [0.717, 1.165) is 17.5 Å². The molecular weight excluding hydrogens is 310 g/mol. The molecule has 2 heterocycles. The molecule has 0 amide bonds. The summed E-state index contributed by atoms with van der Waals surface area (Å²) >= 11 is 0. The van der Waals surface area contributed by atoms with Crippen LogP contribution in [0.2, 0.25) is 0 Å². The van der Waals surface area contributed by atoms with Crippen molar-refractivity contribution < 1.29 is 5.11 Å². The number of hydrogen-bond donors (Lipinski definition) is 2. The van der Waals surface area contributed by atoms with Crippen LogP contribution in [0.4, 0.5) is 0 Å². The third-order valence-corrected chi connectivity index (χ3v) is 3.45. The smallest absolute Gasteiger partial charge is 0.0546 e. The van der Waals surface area contributed by atoms with Crippen LogP contribution in [0.1, 0.15) is 37.8 Å². The zero-order chi connectivity index (χ0) is 18.3. The van der Waals surface area contributed by atoms with Crippen LogP contribution in [-0.2, 0) is 0 Å². The molecule has 2 aromatic heterocycles. The van der Waals surface area contributed by atoms with Gasteiger partial charge in [-0.05, 0) is 57.0 Å². The Morgan fingerprint density at radius 1 is 0.960 bits per heavy atom. The Bertz CT molecular complexity index is 610. The van der Waals surface area contributed by atoms with Gasteiger partial charge in [-0.1, -0.05) is 36.4 Å². The second-order valence-corrected chi connectivity index (χ2v) is 5.89. The van der Waals surface area contributed by atoms with Crippen molar-refractivity contribution in [3.8, 4) is 0 Å². The highest BCUT2D eigenvalue weighted by atomic mass is 16.3. The van der Waals surface area contributed by atoms with Gasteiger partial charge in [0.1, 0.15) is 0 Å². The molecule has 0 aliphatic heterocycles. The van der Waals surface area contributed by atoms with Crippen molar-refractivity contribution in [3.05, 3.63) is 72.3 Å². The van der Waals surface area contributed by atoms with Crippen molar-refractivity contribution in [3.63, 3.8) is 0 Å². The van der Waals surface area contributed by atoms with Gasteiger partial charge in [0.15, 0.2) is 0 Å². The Morgan fingerprint density at radius 3 is 1.88 bits per heavy atom. The van der Waals surface area contributed by atoms with Gasteiger partial charge in [0.2, 0.25) is 0 Å². The molecule has 25 heavy (non-hydrogen) atoms. The first-order chi connectivity index (χ1) is 12.1. The van der Waals surface area contributed by atoms with E-state index in [2.05, 4.69) is 34.4 Å². The van der Waals surface area contributed by atoms with Crippen LogP contribution in [0.15, 0.2) is 61.2 Å². The highest BCUT2D eigenvalue weighted by Crippen LogP contribution is 2.01. The zero-order valence-corrected chi connectivity index (χ0v) is 15.3. The standard InChI is InChI=1S/C11H16N2.C10H13NO/c1-10(12-2)5-3-6-11-7-4-8-13-9-11;1-9(12)4-2-5-10-6-3-7-11-8-10/h3-4,6-10,12H,5H2,1-2H3;2-3,5-9,12H,4H2,1H3/b6-3+;5-2+/t10-;9-/m10/s1. The molecule has 0 radical (unpaired) electrons. The maximum atomic E-state index is 8.96. The maximum absolute atomic E-state index is 8.96. The number of aliphatic hydroxyl groups is 1. The predicted octanol–water partition coefficient (Wildman–Crippen LogP) is 3.96. The van der Waals surface area contributed by atoms with E-state index in [1.165, 1.54) is 0 Å². The summed E-state index contributed by atoms with van der Waals surface area (Å²) in [7, 11) is 1.97. The molecule has 2 aromatic rings. The van der Waals surface area contributed by atoms with E-state index in [4.69, 9.17) is 5.11 Å². The highest BCUT2D eigenvalue weighted by molar-refractivity contribution is 5.47. The van der Waals surface area contributed by atoms with E-state index in [-0.39, 0.29) is 6.10 Å². The second-order valence-electron chi connectivity index (χ2n) is 5.89. The largest absolute Gasteiger partial charge is 0.393 e. The Hall–Kier alpha value is -2.30. The molecule has 2 atom stereocenters.